The molecule has 0 saturated heterocycles. The molecular weight excluding hydrogens is 437 g/mol. The van der Waals surface area contributed by atoms with Gasteiger partial charge in [0.25, 0.3) is 0 Å². The van der Waals surface area contributed by atoms with Crippen LogP contribution in [0.4, 0.5) is 0 Å². The summed E-state index contributed by atoms with van der Waals surface area (Å²) in [5.41, 5.74) is 10.2. The SMILES string of the molecule is COc1nn(C)c2nc(C)c(CCC(=O)NC3C4CCCC3CC(N)C4)c(C)c12.Cl.Cl. The minimum absolute atomic E-state index is 0. The Bertz CT molecular complexity index is 918. The van der Waals surface area contributed by atoms with Crippen LogP contribution in [0.15, 0.2) is 0 Å². The van der Waals surface area contributed by atoms with Crippen LogP contribution in [0.25, 0.3) is 11.0 Å². The van der Waals surface area contributed by atoms with Crippen LogP contribution in [0.1, 0.15) is 55.3 Å². The van der Waals surface area contributed by atoms with Crippen molar-refractivity contribution in [1.29, 1.82) is 0 Å². The molecule has 2 bridgehead atoms. The molecule has 2 aromatic heterocycles. The summed E-state index contributed by atoms with van der Waals surface area (Å²) in [6.07, 6.45) is 6.88. The van der Waals surface area contributed by atoms with E-state index in [1.54, 1.807) is 11.8 Å². The number of nitrogens with two attached hydrogens (primary N) is 1. The van der Waals surface area contributed by atoms with Crippen LogP contribution in [0, 0.1) is 25.7 Å². The van der Waals surface area contributed by atoms with Crippen LogP contribution < -0.4 is 15.8 Å². The van der Waals surface area contributed by atoms with E-state index in [1.807, 2.05) is 14.0 Å². The number of carbonyl (C=O) groups is 1. The largest absolute Gasteiger partial charge is 0.479 e. The van der Waals surface area contributed by atoms with Gasteiger partial charge in [-0.1, -0.05) is 6.42 Å². The van der Waals surface area contributed by atoms with Gasteiger partial charge in [0.05, 0.1) is 12.5 Å². The maximum absolute atomic E-state index is 12.8. The first-order valence-electron chi connectivity index (χ1n) is 10.8. The number of aryl methyl sites for hydroxylation is 3. The first-order valence-corrected chi connectivity index (χ1v) is 10.8. The van der Waals surface area contributed by atoms with Crippen LogP contribution in [0.5, 0.6) is 5.88 Å². The molecule has 9 heteroatoms. The fourth-order valence-electron chi connectivity index (χ4n) is 5.63. The number of rotatable bonds is 5. The summed E-state index contributed by atoms with van der Waals surface area (Å²) in [7, 11) is 3.50. The summed E-state index contributed by atoms with van der Waals surface area (Å²) in [4.78, 5) is 17.5. The Hall–Kier alpha value is -1.57. The standard InChI is InChI=1S/C22H33N5O2.2ClH/c1-12-17(13(2)24-21-19(12)22(29-4)26-27(21)3)8-9-18(28)25-20-14-6-5-7-15(20)11-16(23)10-14;;/h14-16,20H,5-11,23H2,1-4H3,(H,25,28);2*1H. The van der Waals surface area contributed by atoms with Gasteiger partial charge in [-0.15, -0.1) is 29.9 Å². The van der Waals surface area contributed by atoms with E-state index in [9.17, 15) is 4.79 Å². The molecule has 0 aromatic carbocycles. The lowest BCUT2D eigenvalue weighted by Gasteiger charge is -2.45. The molecule has 2 saturated carbocycles. The van der Waals surface area contributed by atoms with E-state index in [2.05, 4.69) is 17.3 Å². The molecular formula is C22H35Cl2N5O2. The highest BCUT2D eigenvalue weighted by Crippen LogP contribution is 2.39. The van der Waals surface area contributed by atoms with Gasteiger partial charge >= 0.3 is 0 Å². The van der Waals surface area contributed by atoms with E-state index in [1.165, 1.54) is 19.3 Å². The van der Waals surface area contributed by atoms with E-state index >= 15 is 0 Å². The van der Waals surface area contributed by atoms with E-state index in [0.717, 1.165) is 40.7 Å². The summed E-state index contributed by atoms with van der Waals surface area (Å²) in [5.74, 6) is 1.81. The summed E-state index contributed by atoms with van der Waals surface area (Å²) in [6.45, 7) is 4.08. The monoisotopic (exact) mass is 471 g/mol. The lowest BCUT2D eigenvalue weighted by Crippen LogP contribution is -2.53. The van der Waals surface area contributed by atoms with Crippen LogP contribution in [0.2, 0.25) is 0 Å². The van der Waals surface area contributed by atoms with Crippen LogP contribution in [0.3, 0.4) is 0 Å². The predicted octanol–water partition coefficient (Wildman–Crippen LogP) is 3.39. The van der Waals surface area contributed by atoms with Gasteiger partial charge in [0.2, 0.25) is 11.8 Å². The fraction of sp³-hybridized carbons (Fsp3) is 0.682. The molecule has 2 fully saturated rings. The lowest BCUT2D eigenvalue weighted by molar-refractivity contribution is -0.123. The number of nitrogens with zero attached hydrogens (tertiary/aromatic N) is 3. The van der Waals surface area contributed by atoms with E-state index in [-0.39, 0.29) is 30.7 Å². The molecule has 1 amide bonds. The van der Waals surface area contributed by atoms with Crippen molar-refractivity contribution in [1.82, 2.24) is 20.1 Å². The average Bonchev–Trinajstić information content (AvgIpc) is 2.98. The Morgan fingerprint density at radius 3 is 2.48 bits per heavy atom. The van der Waals surface area contributed by atoms with Gasteiger partial charge < -0.3 is 15.8 Å². The number of fused-ring (bicyclic) bond motifs is 3. The van der Waals surface area contributed by atoms with Gasteiger partial charge in [0, 0.05) is 31.2 Å². The van der Waals surface area contributed by atoms with Gasteiger partial charge in [-0.2, -0.15) is 0 Å². The third-order valence-electron chi connectivity index (χ3n) is 7.02. The second-order valence-electron chi connectivity index (χ2n) is 8.91. The van der Waals surface area contributed by atoms with Gasteiger partial charge in [-0.25, -0.2) is 9.67 Å². The predicted molar refractivity (Wildman–Crippen MR) is 127 cm³/mol. The first-order chi connectivity index (χ1) is 13.9. The highest BCUT2D eigenvalue weighted by atomic mass is 35.5. The number of carbonyl (C=O) groups excluding carboxylic acids is 1. The summed E-state index contributed by atoms with van der Waals surface area (Å²) in [5, 5.41) is 8.70. The minimum Gasteiger partial charge on any atom is -0.479 e. The second kappa shape index (κ2) is 10.4. The molecule has 2 heterocycles. The number of methoxy groups -OCH3 is 1. The van der Waals surface area contributed by atoms with Crippen molar-refractivity contribution in [2.24, 2.45) is 24.6 Å². The van der Waals surface area contributed by atoms with Gasteiger partial charge in [0.1, 0.15) is 0 Å². The number of pyridine rings is 1. The maximum Gasteiger partial charge on any atom is 0.242 e. The molecule has 7 nitrogen and oxygen atoms in total. The van der Waals surface area contributed by atoms with Crippen LogP contribution >= 0.6 is 24.8 Å². The van der Waals surface area contributed by atoms with Gasteiger partial charge in [-0.3, -0.25) is 4.79 Å². The Morgan fingerprint density at radius 2 is 1.87 bits per heavy atom. The van der Waals surface area contributed by atoms with Crippen molar-refractivity contribution in [3.8, 4) is 5.88 Å². The molecule has 0 spiro atoms. The molecule has 3 N–H and O–H groups in total. The number of aromatic nitrogens is 3. The molecule has 2 aliphatic rings. The van der Waals surface area contributed by atoms with Crippen molar-refractivity contribution in [3.63, 3.8) is 0 Å². The number of hydrogen-bond donors (Lipinski definition) is 2. The molecule has 2 atom stereocenters. The Morgan fingerprint density at radius 1 is 1.23 bits per heavy atom. The van der Waals surface area contributed by atoms with Crippen molar-refractivity contribution < 1.29 is 9.53 Å². The van der Waals surface area contributed by atoms with Crippen LogP contribution in [-0.2, 0) is 18.3 Å². The van der Waals surface area contributed by atoms with Crippen molar-refractivity contribution in [2.75, 3.05) is 7.11 Å². The van der Waals surface area contributed by atoms with E-state index < -0.39 is 0 Å². The maximum atomic E-state index is 12.8. The van der Waals surface area contributed by atoms with E-state index in [0.29, 0.717) is 42.6 Å². The highest BCUT2D eigenvalue weighted by molar-refractivity contribution is 5.86. The summed E-state index contributed by atoms with van der Waals surface area (Å²) < 4.78 is 7.19. The Kier molecular flexibility index (Phi) is 8.59. The van der Waals surface area contributed by atoms with Crippen molar-refractivity contribution in [2.45, 2.75) is 70.9 Å². The second-order valence-corrected chi connectivity index (χ2v) is 8.91. The zero-order valence-electron chi connectivity index (χ0n) is 18.8. The Labute approximate surface area is 196 Å². The fourth-order valence-corrected chi connectivity index (χ4v) is 5.63. The molecule has 31 heavy (non-hydrogen) atoms. The molecule has 2 unspecified atom stereocenters. The molecule has 0 radical (unpaired) electrons. The molecule has 2 aromatic rings. The van der Waals surface area contributed by atoms with E-state index in [4.69, 9.17) is 15.5 Å². The number of ether oxygens (including phenoxy) is 1. The molecule has 4 rings (SSSR count). The normalized spacial score (nSPS) is 24.8. The third-order valence-corrected chi connectivity index (χ3v) is 7.02. The highest BCUT2D eigenvalue weighted by Gasteiger charge is 2.39. The number of nitrogens with one attached hydrogen (secondary N) is 1. The number of halogens is 2. The molecule has 0 aliphatic heterocycles. The van der Waals surface area contributed by atoms with Gasteiger partial charge in [-0.05, 0) is 68.9 Å². The zero-order chi connectivity index (χ0) is 20.7. The quantitative estimate of drug-likeness (QED) is 0.696. The summed E-state index contributed by atoms with van der Waals surface area (Å²) >= 11 is 0. The average molecular weight is 472 g/mol. The smallest absolute Gasteiger partial charge is 0.242 e. The van der Waals surface area contributed by atoms with Crippen molar-refractivity contribution in [3.05, 3.63) is 16.8 Å². The third kappa shape index (κ3) is 4.94. The molecule has 174 valence electrons. The number of amides is 1. The van der Waals surface area contributed by atoms with Crippen molar-refractivity contribution >= 4 is 41.8 Å². The topological polar surface area (TPSA) is 95.1 Å². The molecule has 2 aliphatic carbocycles. The van der Waals surface area contributed by atoms with Crippen LogP contribution in [-0.4, -0.2) is 39.9 Å². The summed E-state index contributed by atoms with van der Waals surface area (Å²) in [6, 6.07) is 0.605. The zero-order valence-corrected chi connectivity index (χ0v) is 20.4. The first kappa shape index (κ1) is 25.7. The minimum atomic E-state index is 0. The number of hydrogen-bond acceptors (Lipinski definition) is 5. The lowest BCUT2D eigenvalue weighted by atomic mass is 9.67. The van der Waals surface area contributed by atoms with Gasteiger partial charge in [0.15, 0.2) is 5.65 Å². The Balaban J connectivity index is 0.00000171.